The fraction of sp³-hybridized carbons (Fsp3) is 0.467. The topological polar surface area (TPSA) is 45.6 Å². The van der Waals surface area contributed by atoms with Gasteiger partial charge < -0.3 is 15.1 Å². The van der Waals surface area contributed by atoms with Crippen LogP contribution < -0.4 is 5.73 Å². The molecule has 0 fully saturated rings. The number of para-hydroxylation sites is 1. The first kappa shape index (κ1) is 14.1. The van der Waals surface area contributed by atoms with Crippen LogP contribution in [0.4, 0.5) is 0 Å². The van der Waals surface area contributed by atoms with Crippen LogP contribution >= 0.6 is 0 Å². The lowest BCUT2D eigenvalue weighted by atomic mass is 10.1. The molecule has 0 aliphatic heterocycles. The van der Waals surface area contributed by atoms with Gasteiger partial charge in [0.25, 0.3) is 0 Å². The Morgan fingerprint density at radius 3 is 2.53 bits per heavy atom. The highest BCUT2D eigenvalue weighted by Gasteiger charge is 2.19. The lowest BCUT2D eigenvalue weighted by Gasteiger charge is -2.26. The Hall–Kier alpha value is -1.36. The van der Waals surface area contributed by atoms with Crippen molar-refractivity contribution in [3.05, 3.63) is 36.1 Å². The molecule has 0 saturated heterocycles. The average molecular weight is 261 g/mol. The third-order valence-corrected chi connectivity index (χ3v) is 3.43. The van der Waals surface area contributed by atoms with Crippen molar-refractivity contribution in [3.8, 4) is 0 Å². The van der Waals surface area contributed by atoms with E-state index in [4.69, 9.17) is 10.2 Å². The number of furan rings is 1. The van der Waals surface area contributed by atoms with Gasteiger partial charge in [-0.15, -0.1) is 0 Å². The summed E-state index contributed by atoms with van der Waals surface area (Å²) in [7, 11) is 6.24. The zero-order chi connectivity index (χ0) is 13.8. The van der Waals surface area contributed by atoms with Gasteiger partial charge in [-0.25, -0.2) is 0 Å². The minimum atomic E-state index is 0.132. The standard InChI is InChI=1S/C15H23N3O/c1-17(2)8-9-18(3)13(11-16)15-10-12-6-4-5-7-14(12)19-15/h4-7,10,13H,8-9,11,16H2,1-3H3. The van der Waals surface area contributed by atoms with Gasteiger partial charge in [-0.1, -0.05) is 18.2 Å². The molecule has 0 saturated carbocycles. The molecule has 1 heterocycles. The molecule has 1 atom stereocenters. The Balaban J connectivity index is 2.16. The number of rotatable bonds is 6. The van der Waals surface area contributed by atoms with Gasteiger partial charge in [-0.2, -0.15) is 0 Å². The highest BCUT2D eigenvalue weighted by Crippen LogP contribution is 2.26. The van der Waals surface area contributed by atoms with E-state index in [9.17, 15) is 0 Å². The molecule has 0 bridgehead atoms. The summed E-state index contributed by atoms with van der Waals surface area (Å²) in [5.74, 6) is 0.949. The maximum Gasteiger partial charge on any atom is 0.134 e. The molecule has 4 heteroatoms. The van der Waals surface area contributed by atoms with E-state index >= 15 is 0 Å². The Morgan fingerprint density at radius 1 is 1.16 bits per heavy atom. The molecule has 2 N–H and O–H groups in total. The van der Waals surface area contributed by atoms with E-state index in [2.05, 4.69) is 43.1 Å². The number of fused-ring (bicyclic) bond motifs is 1. The molecule has 1 aromatic heterocycles. The summed E-state index contributed by atoms with van der Waals surface area (Å²) in [6.07, 6.45) is 0. The summed E-state index contributed by atoms with van der Waals surface area (Å²) in [6, 6.07) is 10.3. The number of nitrogens with zero attached hydrogens (tertiary/aromatic N) is 2. The van der Waals surface area contributed by atoms with Crippen molar-refractivity contribution in [2.75, 3.05) is 40.8 Å². The third kappa shape index (κ3) is 3.35. The van der Waals surface area contributed by atoms with E-state index in [0.29, 0.717) is 6.54 Å². The number of nitrogens with two attached hydrogens (primary N) is 1. The van der Waals surface area contributed by atoms with Crippen LogP contribution in [0, 0.1) is 0 Å². The first-order valence-electron chi connectivity index (χ1n) is 6.65. The molecule has 0 spiro atoms. The van der Waals surface area contributed by atoms with Crippen LogP contribution in [0.15, 0.2) is 34.7 Å². The summed E-state index contributed by atoms with van der Waals surface area (Å²) in [6.45, 7) is 2.53. The quantitative estimate of drug-likeness (QED) is 0.863. The molecule has 2 rings (SSSR count). The SMILES string of the molecule is CN(C)CCN(C)C(CN)c1cc2ccccc2o1. The molecule has 104 valence electrons. The van der Waals surface area contributed by atoms with Gasteiger partial charge in [0.1, 0.15) is 11.3 Å². The highest BCUT2D eigenvalue weighted by molar-refractivity contribution is 5.77. The zero-order valence-electron chi connectivity index (χ0n) is 12.0. The Labute approximate surface area is 114 Å². The largest absolute Gasteiger partial charge is 0.459 e. The predicted octanol–water partition coefficient (Wildman–Crippen LogP) is 1.93. The zero-order valence-corrected chi connectivity index (χ0v) is 12.0. The second-order valence-electron chi connectivity index (χ2n) is 5.22. The Morgan fingerprint density at radius 2 is 1.89 bits per heavy atom. The minimum absolute atomic E-state index is 0.132. The molecule has 0 aliphatic carbocycles. The summed E-state index contributed by atoms with van der Waals surface area (Å²) in [5, 5.41) is 1.14. The normalized spacial score (nSPS) is 13.6. The van der Waals surface area contributed by atoms with Crippen molar-refractivity contribution in [3.63, 3.8) is 0 Å². The van der Waals surface area contributed by atoms with Crippen LogP contribution in [-0.4, -0.2) is 50.6 Å². The van der Waals surface area contributed by atoms with Crippen LogP contribution in [0.1, 0.15) is 11.8 Å². The fourth-order valence-electron chi connectivity index (χ4n) is 2.19. The number of hydrogen-bond donors (Lipinski definition) is 1. The Kier molecular flexibility index (Phi) is 4.58. The van der Waals surface area contributed by atoms with Gasteiger partial charge in [0, 0.05) is 25.0 Å². The maximum absolute atomic E-state index is 5.92. The molecule has 19 heavy (non-hydrogen) atoms. The fourth-order valence-corrected chi connectivity index (χ4v) is 2.19. The van der Waals surface area contributed by atoms with E-state index in [-0.39, 0.29) is 6.04 Å². The molecular weight excluding hydrogens is 238 g/mol. The van der Waals surface area contributed by atoms with E-state index in [1.165, 1.54) is 0 Å². The minimum Gasteiger partial charge on any atom is -0.459 e. The van der Waals surface area contributed by atoms with Crippen LogP contribution in [0.5, 0.6) is 0 Å². The van der Waals surface area contributed by atoms with E-state index in [0.717, 1.165) is 29.8 Å². The first-order valence-corrected chi connectivity index (χ1v) is 6.65. The number of benzene rings is 1. The first-order chi connectivity index (χ1) is 9.11. The predicted molar refractivity (Wildman–Crippen MR) is 79.2 cm³/mol. The highest BCUT2D eigenvalue weighted by atomic mass is 16.3. The van der Waals surface area contributed by atoms with Crippen LogP contribution in [-0.2, 0) is 0 Å². The van der Waals surface area contributed by atoms with Crippen LogP contribution in [0.25, 0.3) is 11.0 Å². The average Bonchev–Trinajstić information content (AvgIpc) is 2.80. The van der Waals surface area contributed by atoms with Crippen molar-refractivity contribution >= 4 is 11.0 Å². The van der Waals surface area contributed by atoms with Crippen molar-refractivity contribution in [1.82, 2.24) is 9.80 Å². The molecule has 0 radical (unpaired) electrons. The van der Waals surface area contributed by atoms with E-state index in [1.807, 2.05) is 18.2 Å². The molecule has 4 nitrogen and oxygen atoms in total. The van der Waals surface area contributed by atoms with Crippen molar-refractivity contribution in [1.29, 1.82) is 0 Å². The van der Waals surface area contributed by atoms with Gasteiger partial charge in [0.15, 0.2) is 0 Å². The number of hydrogen-bond acceptors (Lipinski definition) is 4. The second-order valence-corrected chi connectivity index (χ2v) is 5.22. The summed E-state index contributed by atoms with van der Waals surface area (Å²) in [5.41, 5.74) is 6.85. The Bertz CT molecular complexity index is 488. The van der Waals surface area contributed by atoms with Crippen LogP contribution in [0.3, 0.4) is 0 Å². The van der Waals surface area contributed by atoms with Crippen molar-refractivity contribution < 1.29 is 4.42 Å². The molecular formula is C15H23N3O. The van der Waals surface area contributed by atoms with Gasteiger partial charge in [-0.05, 0) is 33.3 Å². The molecule has 0 aliphatic rings. The maximum atomic E-state index is 5.92. The summed E-state index contributed by atoms with van der Waals surface area (Å²) >= 11 is 0. The van der Waals surface area contributed by atoms with Crippen molar-refractivity contribution in [2.45, 2.75) is 6.04 Å². The van der Waals surface area contributed by atoms with Crippen LogP contribution in [0.2, 0.25) is 0 Å². The van der Waals surface area contributed by atoms with Gasteiger partial charge in [0.05, 0.1) is 6.04 Å². The smallest absolute Gasteiger partial charge is 0.134 e. The van der Waals surface area contributed by atoms with E-state index < -0.39 is 0 Å². The number of likely N-dealkylation sites (N-methyl/N-ethyl adjacent to an activating group) is 2. The molecule has 1 aromatic carbocycles. The van der Waals surface area contributed by atoms with Crippen molar-refractivity contribution in [2.24, 2.45) is 5.73 Å². The second kappa shape index (κ2) is 6.19. The lowest BCUT2D eigenvalue weighted by molar-refractivity contribution is 0.203. The lowest BCUT2D eigenvalue weighted by Crippen LogP contribution is -2.35. The monoisotopic (exact) mass is 261 g/mol. The molecule has 0 amide bonds. The van der Waals surface area contributed by atoms with Gasteiger partial charge >= 0.3 is 0 Å². The summed E-state index contributed by atoms with van der Waals surface area (Å²) in [4.78, 5) is 4.42. The molecule has 1 unspecified atom stereocenters. The van der Waals surface area contributed by atoms with E-state index in [1.54, 1.807) is 0 Å². The third-order valence-electron chi connectivity index (χ3n) is 3.43. The van der Waals surface area contributed by atoms with Gasteiger partial charge in [-0.3, -0.25) is 4.90 Å². The molecule has 2 aromatic rings. The summed E-state index contributed by atoms with van der Waals surface area (Å²) < 4.78 is 5.91. The van der Waals surface area contributed by atoms with Gasteiger partial charge in [0.2, 0.25) is 0 Å².